The molecule has 0 unspecified atom stereocenters. The zero-order valence-corrected chi connectivity index (χ0v) is 15.1. The van der Waals surface area contributed by atoms with Crippen LogP contribution in [0.25, 0.3) is 0 Å². The summed E-state index contributed by atoms with van der Waals surface area (Å²) in [6, 6.07) is 19.3. The molecule has 2 aromatic rings. The third-order valence-electron chi connectivity index (χ3n) is 2.70. The second-order valence-corrected chi connectivity index (χ2v) is 9.69. The second-order valence-electron chi connectivity index (χ2n) is 4.84. The normalized spacial score (nSPS) is 11.0. The SMILES string of the molecule is N#CCS(=O)(=O)Cc1ccccc1.O=S(=O)(Cl)Cc1ccccc1. The number of benzene rings is 2. The van der Waals surface area contributed by atoms with Gasteiger partial charge in [-0.05, 0) is 11.1 Å². The van der Waals surface area contributed by atoms with E-state index >= 15 is 0 Å². The Balaban J connectivity index is 0.000000243. The number of halogens is 1. The number of hydrogen-bond acceptors (Lipinski definition) is 5. The number of sulfone groups is 1. The van der Waals surface area contributed by atoms with Crippen molar-refractivity contribution >= 4 is 29.6 Å². The fraction of sp³-hybridized carbons (Fsp3) is 0.188. The lowest BCUT2D eigenvalue weighted by molar-refractivity contribution is 0.598. The highest BCUT2D eigenvalue weighted by atomic mass is 35.7. The second kappa shape index (κ2) is 9.42. The quantitative estimate of drug-likeness (QED) is 0.738. The maximum atomic E-state index is 11.2. The lowest BCUT2D eigenvalue weighted by atomic mass is 10.2. The van der Waals surface area contributed by atoms with E-state index in [1.165, 1.54) is 0 Å². The number of rotatable bonds is 5. The van der Waals surface area contributed by atoms with Crippen molar-refractivity contribution in [2.75, 3.05) is 5.75 Å². The zero-order valence-electron chi connectivity index (χ0n) is 12.7. The Bertz CT molecular complexity index is 875. The molecule has 24 heavy (non-hydrogen) atoms. The van der Waals surface area contributed by atoms with Gasteiger partial charge in [-0.15, -0.1) is 0 Å². The van der Waals surface area contributed by atoms with E-state index in [-0.39, 0.29) is 11.5 Å². The summed E-state index contributed by atoms with van der Waals surface area (Å²) < 4.78 is 43.5. The molecule has 0 bridgehead atoms. The number of nitrogens with zero attached hydrogens (tertiary/aromatic N) is 1. The van der Waals surface area contributed by atoms with Crippen LogP contribution in [0.1, 0.15) is 11.1 Å². The van der Waals surface area contributed by atoms with Crippen LogP contribution in [-0.2, 0) is 30.4 Å². The average Bonchev–Trinajstić information content (AvgIpc) is 2.47. The largest absolute Gasteiger partial charge is 0.236 e. The molecule has 0 aromatic heterocycles. The predicted octanol–water partition coefficient (Wildman–Crippen LogP) is 2.88. The van der Waals surface area contributed by atoms with E-state index in [0.29, 0.717) is 5.56 Å². The molecule has 0 heterocycles. The van der Waals surface area contributed by atoms with Crippen molar-refractivity contribution in [3.8, 4) is 6.07 Å². The van der Waals surface area contributed by atoms with Crippen LogP contribution < -0.4 is 0 Å². The minimum atomic E-state index is -3.40. The van der Waals surface area contributed by atoms with Gasteiger partial charge in [0.2, 0.25) is 9.05 Å². The van der Waals surface area contributed by atoms with E-state index in [2.05, 4.69) is 0 Å². The van der Waals surface area contributed by atoms with Gasteiger partial charge in [-0.1, -0.05) is 60.7 Å². The molecule has 8 heteroatoms. The van der Waals surface area contributed by atoms with Crippen molar-refractivity contribution < 1.29 is 16.8 Å². The third kappa shape index (κ3) is 9.30. The summed E-state index contributed by atoms with van der Waals surface area (Å²) in [5.41, 5.74) is 1.43. The van der Waals surface area contributed by atoms with Crippen LogP contribution in [0.3, 0.4) is 0 Å². The number of hydrogen-bond donors (Lipinski definition) is 0. The van der Waals surface area contributed by atoms with Gasteiger partial charge in [0.1, 0.15) is 5.75 Å². The van der Waals surface area contributed by atoms with E-state index in [9.17, 15) is 16.8 Å². The highest BCUT2D eigenvalue weighted by molar-refractivity contribution is 8.13. The van der Waals surface area contributed by atoms with Crippen LogP contribution in [0, 0.1) is 11.3 Å². The van der Waals surface area contributed by atoms with Crippen LogP contribution in [0.5, 0.6) is 0 Å². The molecular formula is C16H16ClNO4S2. The van der Waals surface area contributed by atoms with Gasteiger partial charge in [-0.25, -0.2) is 16.8 Å². The molecule has 0 spiro atoms. The average molecular weight is 386 g/mol. The molecule has 0 aliphatic heterocycles. The van der Waals surface area contributed by atoms with Crippen molar-refractivity contribution in [3.63, 3.8) is 0 Å². The minimum absolute atomic E-state index is 0.0542. The minimum Gasteiger partial charge on any atom is -0.227 e. The van der Waals surface area contributed by atoms with Gasteiger partial charge in [0.15, 0.2) is 9.84 Å². The van der Waals surface area contributed by atoms with Gasteiger partial charge in [0.25, 0.3) is 0 Å². The molecule has 0 N–H and O–H groups in total. The summed E-state index contributed by atoms with van der Waals surface area (Å²) in [6.07, 6.45) is 0. The monoisotopic (exact) mass is 385 g/mol. The molecule has 2 rings (SSSR count). The summed E-state index contributed by atoms with van der Waals surface area (Å²) in [7, 11) is -1.61. The van der Waals surface area contributed by atoms with E-state index < -0.39 is 24.6 Å². The van der Waals surface area contributed by atoms with Crippen LogP contribution in [0.4, 0.5) is 0 Å². The summed E-state index contributed by atoms with van der Waals surface area (Å²) in [5, 5.41) is 8.25. The first-order valence-electron chi connectivity index (χ1n) is 6.79. The standard InChI is InChI=1S/C9H9NO2S.C7H7ClO2S/c10-6-7-13(11,12)8-9-4-2-1-3-5-9;8-11(9,10)6-7-4-2-1-3-5-7/h1-5H,7-8H2;1-5H,6H2. The summed E-state index contributed by atoms with van der Waals surface area (Å²) in [6.45, 7) is 0. The zero-order chi connectivity index (χ0) is 18.1. The first-order chi connectivity index (χ1) is 11.2. The van der Waals surface area contributed by atoms with Crippen LogP contribution in [0.15, 0.2) is 60.7 Å². The summed E-state index contributed by atoms with van der Waals surface area (Å²) >= 11 is 0. The fourth-order valence-corrected chi connectivity index (χ4v) is 3.72. The lowest BCUT2D eigenvalue weighted by Crippen LogP contribution is -2.07. The van der Waals surface area contributed by atoms with E-state index in [4.69, 9.17) is 15.9 Å². The number of nitriles is 1. The molecule has 2 aromatic carbocycles. The first-order valence-corrected chi connectivity index (χ1v) is 11.1. The lowest BCUT2D eigenvalue weighted by Gasteiger charge is -1.98. The van der Waals surface area contributed by atoms with Crippen molar-refractivity contribution in [1.29, 1.82) is 5.26 Å². The highest BCUT2D eigenvalue weighted by Gasteiger charge is 2.10. The van der Waals surface area contributed by atoms with Gasteiger partial charge < -0.3 is 0 Å². The van der Waals surface area contributed by atoms with Crippen LogP contribution in [-0.4, -0.2) is 22.6 Å². The van der Waals surface area contributed by atoms with Crippen LogP contribution in [0.2, 0.25) is 0 Å². The Kier molecular flexibility index (Phi) is 7.92. The first kappa shape index (κ1) is 20.2. The molecular weight excluding hydrogens is 370 g/mol. The van der Waals surface area contributed by atoms with E-state index in [0.717, 1.165) is 5.56 Å². The molecule has 0 saturated carbocycles. The Hall–Kier alpha value is -1.88. The Morgan fingerprint density at radius 2 is 1.21 bits per heavy atom. The molecule has 0 amide bonds. The van der Waals surface area contributed by atoms with Crippen molar-refractivity contribution in [2.24, 2.45) is 0 Å². The van der Waals surface area contributed by atoms with Crippen LogP contribution >= 0.6 is 10.7 Å². The molecule has 5 nitrogen and oxygen atoms in total. The molecule has 0 aliphatic carbocycles. The van der Waals surface area contributed by atoms with E-state index in [1.807, 2.05) is 12.1 Å². The van der Waals surface area contributed by atoms with E-state index in [1.54, 1.807) is 54.6 Å². The Labute approximate surface area is 146 Å². The smallest absolute Gasteiger partial charge is 0.227 e. The van der Waals surface area contributed by atoms with Gasteiger partial charge >= 0.3 is 0 Å². The summed E-state index contributed by atoms with van der Waals surface area (Å²) in [4.78, 5) is 0. The highest BCUT2D eigenvalue weighted by Crippen LogP contribution is 2.08. The van der Waals surface area contributed by atoms with Crippen molar-refractivity contribution in [1.82, 2.24) is 0 Å². The third-order valence-corrected chi connectivity index (χ3v) is 5.04. The molecule has 0 radical (unpaired) electrons. The fourth-order valence-electron chi connectivity index (χ4n) is 1.75. The molecule has 0 fully saturated rings. The summed E-state index contributed by atoms with van der Waals surface area (Å²) in [5.74, 6) is -0.571. The predicted molar refractivity (Wildman–Crippen MR) is 94.5 cm³/mol. The molecule has 128 valence electrons. The Morgan fingerprint density at radius 1 is 0.792 bits per heavy atom. The van der Waals surface area contributed by atoms with Gasteiger partial charge in [-0.2, -0.15) is 5.26 Å². The topological polar surface area (TPSA) is 92.1 Å². The Morgan fingerprint density at radius 3 is 1.58 bits per heavy atom. The van der Waals surface area contributed by atoms with Gasteiger partial charge in [0.05, 0.1) is 17.6 Å². The van der Waals surface area contributed by atoms with Gasteiger partial charge in [-0.3, -0.25) is 0 Å². The molecule has 0 saturated heterocycles. The van der Waals surface area contributed by atoms with Crippen molar-refractivity contribution in [2.45, 2.75) is 11.5 Å². The van der Waals surface area contributed by atoms with Gasteiger partial charge in [0, 0.05) is 10.7 Å². The maximum absolute atomic E-state index is 11.2. The van der Waals surface area contributed by atoms with Crippen molar-refractivity contribution in [3.05, 3.63) is 71.8 Å². The maximum Gasteiger partial charge on any atom is 0.236 e. The molecule has 0 atom stereocenters. The molecule has 0 aliphatic rings.